The zero-order valence-corrected chi connectivity index (χ0v) is 14.1. The molecule has 4 N–H and O–H groups in total. The summed E-state index contributed by atoms with van der Waals surface area (Å²) in [6.07, 6.45) is 0.120. The molecule has 0 fully saturated rings. The van der Waals surface area contributed by atoms with Crippen molar-refractivity contribution in [3.8, 4) is 5.75 Å². The van der Waals surface area contributed by atoms with E-state index in [0.717, 1.165) is 16.8 Å². The van der Waals surface area contributed by atoms with E-state index in [4.69, 9.17) is 10.5 Å². The zero-order valence-electron chi connectivity index (χ0n) is 14.1. The molecule has 134 valence electrons. The number of nitrogens with one attached hydrogen (secondary N) is 2. The van der Waals surface area contributed by atoms with Gasteiger partial charge in [-0.3, -0.25) is 9.59 Å². The largest absolute Gasteiger partial charge is 0.484 e. The first-order valence-electron chi connectivity index (χ1n) is 8.00. The van der Waals surface area contributed by atoms with Crippen LogP contribution in [-0.4, -0.2) is 23.4 Å². The van der Waals surface area contributed by atoms with Crippen molar-refractivity contribution in [2.75, 3.05) is 11.9 Å². The van der Waals surface area contributed by atoms with E-state index < -0.39 is 5.91 Å². The Morgan fingerprint density at radius 2 is 1.92 bits per heavy atom. The standard InChI is InChI=1S/C19H18FN3O3/c1-11-15(16-8-12(20)2-7-17(16)22-11)9-19(25)23-13-3-5-14(6-4-13)26-10-18(21)24/h2-8,22H,9-10H2,1H3,(H2,21,24)(H,23,25). The maximum atomic E-state index is 13.5. The van der Waals surface area contributed by atoms with Crippen molar-refractivity contribution >= 4 is 28.4 Å². The summed E-state index contributed by atoms with van der Waals surface area (Å²) in [5.74, 6) is -0.647. The van der Waals surface area contributed by atoms with E-state index >= 15 is 0 Å². The highest BCUT2D eigenvalue weighted by molar-refractivity contribution is 5.96. The van der Waals surface area contributed by atoms with Gasteiger partial charge in [0.15, 0.2) is 6.61 Å². The molecule has 2 amide bonds. The molecule has 1 heterocycles. The van der Waals surface area contributed by atoms with Crippen molar-refractivity contribution in [3.05, 3.63) is 59.5 Å². The van der Waals surface area contributed by atoms with Gasteiger partial charge in [0, 0.05) is 22.3 Å². The molecule has 6 nitrogen and oxygen atoms in total. The topological polar surface area (TPSA) is 97.2 Å². The summed E-state index contributed by atoms with van der Waals surface area (Å²) < 4.78 is 18.7. The first-order chi connectivity index (χ1) is 12.4. The summed E-state index contributed by atoms with van der Waals surface area (Å²) in [6, 6.07) is 11.0. The third-order valence-electron chi connectivity index (χ3n) is 3.94. The number of amides is 2. The smallest absolute Gasteiger partial charge is 0.255 e. The minimum absolute atomic E-state index is 0.120. The van der Waals surface area contributed by atoms with Gasteiger partial charge in [0.2, 0.25) is 5.91 Å². The Bertz CT molecular complexity index is 964. The number of rotatable bonds is 6. The van der Waals surface area contributed by atoms with Crippen LogP contribution in [0.25, 0.3) is 10.9 Å². The number of carbonyl (C=O) groups excluding carboxylic acids is 2. The fourth-order valence-electron chi connectivity index (χ4n) is 2.74. The summed E-state index contributed by atoms with van der Waals surface area (Å²) in [7, 11) is 0. The number of H-pyrrole nitrogens is 1. The molecule has 7 heteroatoms. The Labute approximate surface area is 149 Å². The molecule has 0 saturated carbocycles. The molecule has 0 bridgehead atoms. The maximum Gasteiger partial charge on any atom is 0.255 e. The number of hydrogen-bond donors (Lipinski definition) is 3. The Hall–Kier alpha value is -3.35. The van der Waals surface area contributed by atoms with E-state index in [-0.39, 0.29) is 24.8 Å². The highest BCUT2D eigenvalue weighted by Gasteiger charge is 2.13. The molecular formula is C19H18FN3O3. The molecule has 0 aliphatic rings. The van der Waals surface area contributed by atoms with E-state index in [1.165, 1.54) is 12.1 Å². The summed E-state index contributed by atoms with van der Waals surface area (Å²) in [5, 5.41) is 3.49. The van der Waals surface area contributed by atoms with E-state index in [1.807, 2.05) is 6.92 Å². The van der Waals surface area contributed by atoms with Crippen molar-refractivity contribution in [3.63, 3.8) is 0 Å². The summed E-state index contributed by atoms with van der Waals surface area (Å²) in [5.41, 5.74) is 7.99. The zero-order chi connectivity index (χ0) is 18.7. The second-order valence-corrected chi connectivity index (χ2v) is 5.92. The quantitative estimate of drug-likeness (QED) is 0.634. The SMILES string of the molecule is Cc1[nH]c2ccc(F)cc2c1CC(=O)Nc1ccc(OCC(N)=O)cc1. The van der Waals surface area contributed by atoms with Gasteiger partial charge >= 0.3 is 0 Å². The van der Waals surface area contributed by atoms with Crippen LogP contribution in [0.4, 0.5) is 10.1 Å². The minimum atomic E-state index is -0.562. The number of hydrogen-bond acceptors (Lipinski definition) is 3. The van der Waals surface area contributed by atoms with Crippen molar-refractivity contribution in [1.29, 1.82) is 0 Å². The van der Waals surface area contributed by atoms with Crippen molar-refractivity contribution < 1.29 is 18.7 Å². The highest BCUT2D eigenvalue weighted by Crippen LogP contribution is 2.24. The predicted octanol–water partition coefficient (Wildman–Crippen LogP) is 2.66. The van der Waals surface area contributed by atoms with Gasteiger partial charge in [-0.25, -0.2) is 4.39 Å². The Morgan fingerprint density at radius 1 is 1.19 bits per heavy atom. The Balaban J connectivity index is 1.68. The first-order valence-corrected chi connectivity index (χ1v) is 8.00. The predicted molar refractivity (Wildman–Crippen MR) is 96.5 cm³/mol. The fraction of sp³-hybridized carbons (Fsp3) is 0.158. The minimum Gasteiger partial charge on any atom is -0.484 e. The van der Waals surface area contributed by atoms with E-state index in [0.29, 0.717) is 16.8 Å². The van der Waals surface area contributed by atoms with Crippen LogP contribution < -0.4 is 15.8 Å². The number of fused-ring (bicyclic) bond motifs is 1. The summed E-state index contributed by atoms with van der Waals surface area (Å²) in [4.78, 5) is 26.2. The lowest BCUT2D eigenvalue weighted by molar-refractivity contribution is -0.120. The van der Waals surface area contributed by atoms with Gasteiger partial charge in [-0.05, 0) is 55.0 Å². The lowest BCUT2D eigenvalue weighted by Gasteiger charge is -2.08. The number of ether oxygens (including phenoxy) is 1. The number of aromatic nitrogens is 1. The van der Waals surface area contributed by atoms with Crippen LogP contribution in [0.1, 0.15) is 11.3 Å². The molecule has 0 radical (unpaired) electrons. The summed E-state index contributed by atoms with van der Waals surface area (Å²) in [6.45, 7) is 1.65. The molecule has 0 aliphatic heterocycles. The second-order valence-electron chi connectivity index (χ2n) is 5.92. The average Bonchev–Trinajstić information content (AvgIpc) is 2.89. The number of aryl methyl sites for hydroxylation is 1. The van der Waals surface area contributed by atoms with Crippen LogP contribution in [0.2, 0.25) is 0 Å². The lowest BCUT2D eigenvalue weighted by Crippen LogP contribution is -2.20. The fourth-order valence-corrected chi connectivity index (χ4v) is 2.74. The molecule has 2 aromatic carbocycles. The van der Waals surface area contributed by atoms with Crippen LogP contribution in [0, 0.1) is 12.7 Å². The van der Waals surface area contributed by atoms with Gasteiger partial charge in [0.25, 0.3) is 5.91 Å². The molecule has 0 aliphatic carbocycles. The van der Waals surface area contributed by atoms with Crippen LogP contribution in [0.15, 0.2) is 42.5 Å². The van der Waals surface area contributed by atoms with Crippen LogP contribution in [-0.2, 0) is 16.0 Å². The van der Waals surface area contributed by atoms with Gasteiger partial charge in [-0.2, -0.15) is 0 Å². The number of aromatic amines is 1. The Kier molecular flexibility index (Phi) is 4.88. The molecule has 26 heavy (non-hydrogen) atoms. The van der Waals surface area contributed by atoms with Gasteiger partial charge in [-0.15, -0.1) is 0 Å². The molecular weight excluding hydrogens is 337 g/mol. The second kappa shape index (κ2) is 7.26. The number of benzene rings is 2. The molecule has 3 rings (SSSR count). The third-order valence-corrected chi connectivity index (χ3v) is 3.94. The van der Waals surface area contributed by atoms with E-state index in [2.05, 4.69) is 10.3 Å². The molecule has 0 atom stereocenters. The van der Waals surface area contributed by atoms with Crippen molar-refractivity contribution in [1.82, 2.24) is 4.98 Å². The molecule has 1 aromatic heterocycles. The van der Waals surface area contributed by atoms with Crippen LogP contribution >= 0.6 is 0 Å². The van der Waals surface area contributed by atoms with Crippen LogP contribution in [0.3, 0.4) is 0 Å². The normalized spacial score (nSPS) is 10.7. The summed E-state index contributed by atoms with van der Waals surface area (Å²) >= 11 is 0. The monoisotopic (exact) mass is 355 g/mol. The van der Waals surface area contributed by atoms with Crippen LogP contribution in [0.5, 0.6) is 5.75 Å². The van der Waals surface area contributed by atoms with Gasteiger partial charge in [-0.1, -0.05) is 0 Å². The van der Waals surface area contributed by atoms with Gasteiger partial charge in [0.1, 0.15) is 11.6 Å². The number of primary amides is 1. The van der Waals surface area contributed by atoms with Crippen molar-refractivity contribution in [2.45, 2.75) is 13.3 Å². The molecule has 0 spiro atoms. The lowest BCUT2D eigenvalue weighted by atomic mass is 10.1. The third kappa shape index (κ3) is 4.00. The molecule has 3 aromatic rings. The average molecular weight is 355 g/mol. The van der Waals surface area contributed by atoms with Gasteiger partial charge in [0.05, 0.1) is 6.42 Å². The number of carbonyl (C=O) groups is 2. The van der Waals surface area contributed by atoms with Crippen molar-refractivity contribution in [2.24, 2.45) is 5.73 Å². The van der Waals surface area contributed by atoms with E-state index in [9.17, 15) is 14.0 Å². The molecule has 0 unspecified atom stereocenters. The van der Waals surface area contributed by atoms with E-state index in [1.54, 1.807) is 30.3 Å². The Morgan fingerprint density at radius 3 is 2.62 bits per heavy atom. The first kappa shape index (κ1) is 17.5. The number of halogens is 1. The van der Waals surface area contributed by atoms with Gasteiger partial charge < -0.3 is 20.8 Å². The number of nitrogens with two attached hydrogens (primary N) is 1. The number of anilines is 1. The molecule has 0 saturated heterocycles. The maximum absolute atomic E-state index is 13.5. The highest BCUT2D eigenvalue weighted by atomic mass is 19.1.